The van der Waals surface area contributed by atoms with Crippen LogP contribution in [0.25, 0.3) is 0 Å². The fraction of sp³-hybridized carbons (Fsp3) is 0.333. The van der Waals surface area contributed by atoms with Crippen LogP contribution in [-0.4, -0.2) is 7.05 Å². The van der Waals surface area contributed by atoms with Crippen LogP contribution in [0.1, 0.15) is 47.9 Å². The van der Waals surface area contributed by atoms with E-state index in [-0.39, 0.29) is 0 Å². The highest BCUT2D eigenvalue weighted by Crippen LogP contribution is 2.40. The van der Waals surface area contributed by atoms with E-state index in [1.807, 2.05) is 0 Å². The third kappa shape index (κ3) is 2.77. The summed E-state index contributed by atoms with van der Waals surface area (Å²) in [5.74, 6) is 0.768. The van der Waals surface area contributed by atoms with Gasteiger partial charge in [-0.05, 0) is 77.2 Å². The Morgan fingerprint density at radius 3 is 2.55 bits per heavy atom. The van der Waals surface area contributed by atoms with Gasteiger partial charge in [0.25, 0.3) is 0 Å². The fourth-order valence-electron chi connectivity index (χ4n) is 3.05. The summed E-state index contributed by atoms with van der Waals surface area (Å²) >= 11 is 2.39. The number of hydrogen-bond donors (Lipinski definition) is 1. The lowest BCUT2D eigenvalue weighted by molar-refractivity contribution is 0.415. The summed E-state index contributed by atoms with van der Waals surface area (Å²) in [5.41, 5.74) is 4.34. The van der Waals surface area contributed by atoms with E-state index >= 15 is 0 Å². The molecule has 1 N–H and O–H groups in total. The minimum absolute atomic E-state index is 0.293. The fourth-order valence-corrected chi connectivity index (χ4v) is 3.62. The van der Waals surface area contributed by atoms with Gasteiger partial charge in [-0.3, -0.25) is 0 Å². The van der Waals surface area contributed by atoms with Gasteiger partial charge in [0.2, 0.25) is 0 Å². The van der Waals surface area contributed by atoms with E-state index in [0.717, 1.165) is 5.92 Å². The summed E-state index contributed by atoms with van der Waals surface area (Å²) in [7, 11) is 2.06. The molecular formula is C18H20IN. The van der Waals surface area contributed by atoms with Crippen LogP contribution in [0.3, 0.4) is 0 Å². The second-order valence-electron chi connectivity index (χ2n) is 5.53. The number of nitrogens with one attached hydrogen (secondary N) is 1. The summed E-state index contributed by atoms with van der Waals surface area (Å²) in [6, 6.07) is 18.0. The van der Waals surface area contributed by atoms with Gasteiger partial charge < -0.3 is 5.32 Å². The Morgan fingerprint density at radius 2 is 1.90 bits per heavy atom. The molecule has 3 rings (SSSR count). The first-order valence-electron chi connectivity index (χ1n) is 7.31. The average Bonchev–Trinajstić information content (AvgIpc) is 2.40. The SMILES string of the molecule is CNC(c1cccc(I)c1)c1ccccc1C1CCC1. The van der Waals surface area contributed by atoms with Crippen molar-refractivity contribution >= 4 is 22.6 Å². The van der Waals surface area contributed by atoms with Crippen molar-refractivity contribution in [3.05, 3.63) is 68.8 Å². The molecule has 1 fully saturated rings. The van der Waals surface area contributed by atoms with Crippen molar-refractivity contribution in [3.8, 4) is 0 Å². The van der Waals surface area contributed by atoms with E-state index in [4.69, 9.17) is 0 Å². The minimum Gasteiger partial charge on any atom is -0.309 e. The largest absolute Gasteiger partial charge is 0.309 e. The van der Waals surface area contributed by atoms with Crippen LogP contribution < -0.4 is 5.32 Å². The van der Waals surface area contributed by atoms with E-state index in [1.165, 1.54) is 39.5 Å². The predicted molar refractivity (Wildman–Crippen MR) is 93.1 cm³/mol. The van der Waals surface area contributed by atoms with Gasteiger partial charge in [0.05, 0.1) is 6.04 Å². The molecule has 1 aliphatic rings. The highest BCUT2D eigenvalue weighted by molar-refractivity contribution is 14.1. The van der Waals surface area contributed by atoms with E-state index in [9.17, 15) is 0 Å². The number of benzene rings is 2. The molecule has 0 radical (unpaired) electrons. The summed E-state index contributed by atoms with van der Waals surface area (Å²) in [5, 5.41) is 3.50. The third-order valence-corrected chi connectivity index (χ3v) is 4.99. The van der Waals surface area contributed by atoms with Gasteiger partial charge in [0, 0.05) is 3.57 Å². The normalized spacial score (nSPS) is 16.7. The third-order valence-electron chi connectivity index (χ3n) is 4.32. The van der Waals surface area contributed by atoms with Gasteiger partial charge >= 0.3 is 0 Å². The minimum atomic E-state index is 0.293. The smallest absolute Gasteiger partial charge is 0.0577 e. The van der Waals surface area contributed by atoms with Crippen molar-refractivity contribution < 1.29 is 0 Å². The molecule has 1 atom stereocenters. The van der Waals surface area contributed by atoms with E-state index < -0.39 is 0 Å². The van der Waals surface area contributed by atoms with Gasteiger partial charge in [-0.15, -0.1) is 0 Å². The summed E-state index contributed by atoms with van der Waals surface area (Å²) in [4.78, 5) is 0. The molecule has 2 aromatic carbocycles. The summed E-state index contributed by atoms with van der Waals surface area (Å²) < 4.78 is 1.29. The topological polar surface area (TPSA) is 12.0 Å². The van der Waals surface area contributed by atoms with Crippen LogP contribution in [0.4, 0.5) is 0 Å². The average molecular weight is 377 g/mol. The molecule has 0 amide bonds. The Balaban J connectivity index is 2.01. The van der Waals surface area contributed by atoms with Crippen molar-refractivity contribution in [3.63, 3.8) is 0 Å². The van der Waals surface area contributed by atoms with Crippen LogP contribution in [0.15, 0.2) is 48.5 Å². The first kappa shape index (κ1) is 14.1. The molecule has 0 heterocycles. The van der Waals surface area contributed by atoms with E-state index in [1.54, 1.807) is 0 Å². The highest BCUT2D eigenvalue weighted by atomic mass is 127. The van der Waals surface area contributed by atoms with Crippen LogP contribution in [-0.2, 0) is 0 Å². The number of hydrogen-bond acceptors (Lipinski definition) is 1. The summed E-state index contributed by atoms with van der Waals surface area (Å²) in [6.07, 6.45) is 4.08. The van der Waals surface area contributed by atoms with Crippen molar-refractivity contribution in [1.29, 1.82) is 0 Å². The zero-order valence-electron chi connectivity index (χ0n) is 11.8. The second kappa shape index (κ2) is 6.27. The Labute approximate surface area is 134 Å². The Morgan fingerprint density at radius 1 is 1.10 bits per heavy atom. The number of halogens is 1. The molecule has 0 spiro atoms. The van der Waals surface area contributed by atoms with Crippen LogP contribution >= 0.6 is 22.6 Å². The van der Waals surface area contributed by atoms with Crippen molar-refractivity contribution in [2.75, 3.05) is 7.05 Å². The van der Waals surface area contributed by atoms with Gasteiger partial charge in [0.1, 0.15) is 0 Å². The molecule has 20 heavy (non-hydrogen) atoms. The molecule has 104 valence electrons. The standard InChI is InChI=1S/C18H20IN/c1-20-18(14-8-5-9-15(19)12-14)17-11-3-2-10-16(17)13-6-4-7-13/h2-3,5,8-13,18,20H,4,6-7H2,1H3. The first-order chi connectivity index (χ1) is 9.79. The van der Waals surface area contributed by atoms with Crippen LogP contribution in [0, 0.1) is 3.57 Å². The molecule has 1 saturated carbocycles. The zero-order valence-corrected chi connectivity index (χ0v) is 13.9. The molecule has 0 aromatic heterocycles. The lowest BCUT2D eigenvalue weighted by Gasteiger charge is -2.30. The first-order valence-corrected chi connectivity index (χ1v) is 8.39. The molecule has 1 unspecified atom stereocenters. The quantitative estimate of drug-likeness (QED) is 0.750. The lowest BCUT2D eigenvalue weighted by atomic mass is 9.76. The van der Waals surface area contributed by atoms with Gasteiger partial charge in [-0.2, -0.15) is 0 Å². The van der Waals surface area contributed by atoms with Crippen molar-refractivity contribution in [2.45, 2.75) is 31.2 Å². The molecule has 0 saturated heterocycles. The highest BCUT2D eigenvalue weighted by Gasteiger charge is 2.25. The molecule has 0 bridgehead atoms. The maximum absolute atomic E-state index is 3.50. The van der Waals surface area contributed by atoms with Crippen molar-refractivity contribution in [1.82, 2.24) is 5.32 Å². The van der Waals surface area contributed by atoms with E-state index in [2.05, 4.69) is 83.5 Å². The molecule has 1 aliphatic carbocycles. The van der Waals surface area contributed by atoms with Crippen LogP contribution in [0.2, 0.25) is 0 Å². The van der Waals surface area contributed by atoms with Gasteiger partial charge in [-0.25, -0.2) is 0 Å². The maximum atomic E-state index is 3.50. The number of rotatable bonds is 4. The zero-order chi connectivity index (χ0) is 13.9. The lowest BCUT2D eigenvalue weighted by Crippen LogP contribution is -2.21. The van der Waals surface area contributed by atoms with Crippen LogP contribution in [0.5, 0.6) is 0 Å². The van der Waals surface area contributed by atoms with Crippen molar-refractivity contribution in [2.24, 2.45) is 0 Å². The molecule has 2 heteroatoms. The predicted octanol–water partition coefficient (Wildman–Crippen LogP) is 4.87. The molecule has 2 aromatic rings. The van der Waals surface area contributed by atoms with Gasteiger partial charge in [0.15, 0.2) is 0 Å². The molecular weight excluding hydrogens is 357 g/mol. The second-order valence-corrected chi connectivity index (χ2v) is 6.78. The van der Waals surface area contributed by atoms with E-state index in [0.29, 0.717) is 6.04 Å². The molecule has 0 aliphatic heterocycles. The Hall–Kier alpha value is -0.870. The Kier molecular flexibility index (Phi) is 4.41. The maximum Gasteiger partial charge on any atom is 0.0577 e. The summed E-state index contributed by atoms with van der Waals surface area (Å²) in [6.45, 7) is 0. The molecule has 1 nitrogen and oxygen atoms in total. The Bertz CT molecular complexity index is 589. The van der Waals surface area contributed by atoms with Gasteiger partial charge in [-0.1, -0.05) is 42.8 Å². The monoisotopic (exact) mass is 377 g/mol.